The van der Waals surface area contributed by atoms with Gasteiger partial charge < -0.3 is 10.6 Å². The monoisotopic (exact) mass is 208 g/mol. The van der Waals surface area contributed by atoms with E-state index in [0.29, 0.717) is 4.99 Å². The Morgan fingerprint density at radius 3 is 2.29 bits per heavy atom. The summed E-state index contributed by atoms with van der Waals surface area (Å²) < 4.78 is 0. The highest BCUT2D eigenvalue weighted by molar-refractivity contribution is 7.80. The first kappa shape index (κ1) is 10.7. The number of anilines is 2. The number of rotatable bonds is 2. The van der Waals surface area contributed by atoms with E-state index < -0.39 is 0 Å². The first-order chi connectivity index (χ1) is 6.58. The van der Waals surface area contributed by atoms with Gasteiger partial charge >= 0.3 is 0 Å². The van der Waals surface area contributed by atoms with Crippen LogP contribution >= 0.6 is 12.2 Å². The van der Waals surface area contributed by atoms with Crippen LogP contribution in [0.3, 0.4) is 0 Å². The van der Waals surface area contributed by atoms with Gasteiger partial charge in [-0.2, -0.15) is 0 Å². The maximum Gasteiger partial charge on any atom is 0.221 e. The van der Waals surface area contributed by atoms with Gasteiger partial charge in [0.05, 0.1) is 4.99 Å². The summed E-state index contributed by atoms with van der Waals surface area (Å²) in [6.07, 6.45) is 0. The molecule has 1 amide bonds. The number of benzene rings is 1. The maximum absolute atomic E-state index is 10.8. The van der Waals surface area contributed by atoms with E-state index in [1.807, 2.05) is 24.3 Å². The van der Waals surface area contributed by atoms with Crippen molar-refractivity contribution in [3.8, 4) is 0 Å². The van der Waals surface area contributed by atoms with Gasteiger partial charge in [0.25, 0.3) is 0 Å². The molecule has 74 valence electrons. The molecule has 4 heteroatoms. The lowest BCUT2D eigenvalue weighted by molar-refractivity contribution is -0.114. The fourth-order valence-electron chi connectivity index (χ4n) is 1.08. The third-order valence-electron chi connectivity index (χ3n) is 1.50. The number of carbonyl (C=O) groups is 1. The summed E-state index contributed by atoms with van der Waals surface area (Å²) in [6, 6.07) is 7.40. The topological polar surface area (TPSA) is 41.1 Å². The smallest absolute Gasteiger partial charge is 0.221 e. The van der Waals surface area contributed by atoms with Gasteiger partial charge in [-0.15, -0.1) is 0 Å². The zero-order chi connectivity index (χ0) is 10.6. The molecule has 0 saturated carbocycles. The van der Waals surface area contributed by atoms with Crippen LogP contribution in [0, 0.1) is 0 Å². The number of hydrogen-bond acceptors (Lipinski definition) is 2. The van der Waals surface area contributed by atoms with E-state index in [0.717, 1.165) is 11.4 Å². The number of amides is 1. The minimum atomic E-state index is -0.0822. The summed E-state index contributed by atoms with van der Waals surface area (Å²) >= 11 is 4.91. The molecule has 0 aliphatic heterocycles. The Bertz CT molecular complexity index is 332. The molecule has 1 aromatic rings. The molecular formula is C10H12N2OS. The highest BCUT2D eigenvalue weighted by atomic mass is 32.1. The molecule has 0 unspecified atom stereocenters. The molecule has 0 aliphatic rings. The van der Waals surface area contributed by atoms with Gasteiger partial charge in [-0.05, 0) is 25.1 Å². The minimum absolute atomic E-state index is 0.0822. The highest BCUT2D eigenvalue weighted by Gasteiger charge is 1.97. The molecule has 0 saturated heterocycles. The first-order valence-corrected chi connectivity index (χ1v) is 4.64. The number of nitrogens with one attached hydrogen (secondary N) is 2. The zero-order valence-electron chi connectivity index (χ0n) is 8.13. The molecule has 0 aromatic heterocycles. The van der Waals surface area contributed by atoms with Crippen LogP contribution in [0.15, 0.2) is 24.3 Å². The van der Waals surface area contributed by atoms with Crippen molar-refractivity contribution in [2.24, 2.45) is 0 Å². The van der Waals surface area contributed by atoms with Gasteiger partial charge in [-0.1, -0.05) is 18.3 Å². The van der Waals surface area contributed by atoms with Crippen molar-refractivity contribution in [1.29, 1.82) is 0 Å². The molecule has 0 fully saturated rings. The van der Waals surface area contributed by atoms with E-state index in [2.05, 4.69) is 10.6 Å². The Balaban J connectivity index is 2.78. The van der Waals surface area contributed by atoms with Crippen LogP contribution in [0.5, 0.6) is 0 Å². The summed E-state index contributed by atoms with van der Waals surface area (Å²) in [6.45, 7) is 3.28. The molecule has 0 heterocycles. The van der Waals surface area contributed by atoms with Crippen molar-refractivity contribution in [3.05, 3.63) is 24.3 Å². The average molecular weight is 208 g/mol. The molecule has 0 aliphatic carbocycles. The van der Waals surface area contributed by atoms with Gasteiger partial charge in [0.1, 0.15) is 0 Å². The average Bonchev–Trinajstić information content (AvgIpc) is 2.01. The summed E-state index contributed by atoms with van der Waals surface area (Å²) in [5.41, 5.74) is 1.64. The van der Waals surface area contributed by atoms with E-state index in [1.54, 1.807) is 6.92 Å². The van der Waals surface area contributed by atoms with E-state index >= 15 is 0 Å². The normalized spacial score (nSPS) is 9.29. The standard InChI is InChI=1S/C10H12N2OS/c1-7(13)11-9-4-3-5-10(6-9)12-8(2)14/h3-6H,1-2H3,(H,11,13)(H,12,14). The third kappa shape index (κ3) is 3.53. The van der Waals surface area contributed by atoms with Crippen molar-refractivity contribution in [2.75, 3.05) is 10.6 Å². The third-order valence-corrected chi connectivity index (χ3v) is 1.61. The Morgan fingerprint density at radius 1 is 1.21 bits per heavy atom. The molecule has 14 heavy (non-hydrogen) atoms. The Hall–Kier alpha value is -1.42. The molecular weight excluding hydrogens is 196 g/mol. The van der Waals surface area contributed by atoms with E-state index in [-0.39, 0.29) is 5.91 Å². The maximum atomic E-state index is 10.8. The molecule has 0 radical (unpaired) electrons. The second kappa shape index (κ2) is 4.72. The second-order valence-corrected chi connectivity index (χ2v) is 3.56. The number of hydrogen-bond donors (Lipinski definition) is 2. The Labute approximate surface area is 88.5 Å². The lowest BCUT2D eigenvalue weighted by Gasteiger charge is -2.06. The fraction of sp³-hybridized carbons (Fsp3) is 0.200. The van der Waals surface area contributed by atoms with Crippen molar-refractivity contribution in [1.82, 2.24) is 0 Å². The Kier molecular flexibility index (Phi) is 3.59. The van der Waals surface area contributed by atoms with Crippen molar-refractivity contribution in [3.63, 3.8) is 0 Å². The molecule has 0 bridgehead atoms. The van der Waals surface area contributed by atoms with Crippen LogP contribution < -0.4 is 10.6 Å². The van der Waals surface area contributed by atoms with E-state index in [9.17, 15) is 4.79 Å². The van der Waals surface area contributed by atoms with Gasteiger partial charge in [0.2, 0.25) is 5.91 Å². The molecule has 1 rings (SSSR count). The number of thiocarbonyl (C=S) groups is 1. The summed E-state index contributed by atoms with van der Waals surface area (Å²) in [5, 5.41) is 5.69. The quantitative estimate of drug-likeness (QED) is 0.733. The largest absolute Gasteiger partial charge is 0.350 e. The lowest BCUT2D eigenvalue weighted by atomic mass is 10.2. The summed E-state index contributed by atoms with van der Waals surface area (Å²) in [5.74, 6) is -0.0822. The summed E-state index contributed by atoms with van der Waals surface area (Å²) in [4.78, 5) is 11.5. The molecule has 0 spiro atoms. The van der Waals surface area contributed by atoms with Crippen LogP contribution in [-0.2, 0) is 4.79 Å². The Morgan fingerprint density at radius 2 is 1.79 bits per heavy atom. The van der Waals surface area contributed by atoms with Crippen molar-refractivity contribution < 1.29 is 4.79 Å². The summed E-state index contributed by atoms with van der Waals surface area (Å²) in [7, 11) is 0. The molecule has 0 atom stereocenters. The predicted molar refractivity (Wildman–Crippen MR) is 62.6 cm³/mol. The highest BCUT2D eigenvalue weighted by Crippen LogP contribution is 2.14. The molecule has 2 N–H and O–H groups in total. The van der Waals surface area contributed by atoms with E-state index in [1.165, 1.54) is 6.92 Å². The second-order valence-electron chi connectivity index (χ2n) is 2.94. The van der Waals surface area contributed by atoms with Gasteiger partial charge in [-0.25, -0.2) is 0 Å². The molecule has 1 aromatic carbocycles. The number of carbonyl (C=O) groups excluding carboxylic acids is 1. The zero-order valence-corrected chi connectivity index (χ0v) is 8.94. The minimum Gasteiger partial charge on any atom is -0.350 e. The van der Waals surface area contributed by atoms with Gasteiger partial charge in [0.15, 0.2) is 0 Å². The lowest BCUT2D eigenvalue weighted by Crippen LogP contribution is -2.07. The van der Waals surface area contributed by atoms with Crippen LogP contribution in [0.2, 0.25) is 0 Å². The van der Waals surface area contributed by atoms with Crippen molar-refractivity contribution in [2.45, 2.75) is 13.8 Å². The molecule has 3 nitrogen and oxygen atoms in total. The van der Waals surface area contributed by atoms with Gasteiger partial charge in [-0.3, -0.25) is 4.79 Å². The SMILES string of the molecule is CC(=O)Nc1cccc(NC(C)=S)c1. The van der Waals surface area contributed by atoms with Gasteiger partial charge in [0, 0.05) is 18.3 Å². The van der Waals surface area contributed by atoms with Crippen LogP contribution in [0.1, 0.15) is 13.8 Å². The van der Waals surface area contributed by atoms with Crippen LogP contribution in [0.4, 0.5) is 11.4 Å². The van der Waals surface area contributed by atoms with E-state index in [4.69, 9.17) is 12.2 Å². The van der Waals surface area contributed by atoms with Crippen LogP contribution in [-0.4, -0.2) is 10.9 Å². The fourth-order valence-corrected chi connectivity index (χ4v) is 1.20. The van der Waals surface area contributed by atoms with Crippen LogP contribution in [0.25, 0.3) is 0 Å². The first-order valence-electron chi connectivity index (χ1n) is 4.23. The van der Waals surface area contributed by atoms with Crippen molar-refractivity contribution >= 4 is 34.5 Å². The predicted octanol–water partition coefficient (Wildman–Crippen LogP) is 2.40.